The van der Waals surface area contributed by atoms with Crippen LogP contribution in [0.1, 0.15) is 25.8 Å². The normalized spacial score (nSPS) is 41.4. The molecule has 3 rings (SSSR count). The molecule has 2 aliphatic heterocycles. The Kier molecular flexibility index (Phi) is 3.61. The second kappa shape index (κ2) is 5.23. The van der Waals surface area contributed by atoms with E-state index < -0.39 is 0 Å². The van der Waals surface area contributed by atoms with Crippen LogP contribution in [0.3, 0.4) is 0 Å². The molecular formula is C16H22O3. The molecule has 1 aromatic rings. The minimum atomic E-state index is -0.326. The first-order chi connectivity index (χ1) is 9.16. The highest BCUT2D eigenvalue weighted by molar-refractivity contribution is 5.13. The molecule has 0 radical (unpaired) electrons. The Hall–Kier alpha value is -0.900. The highest BCUT2D eigenvalue weighted by atomic mass is 16.5. The number of rotatable bonds is 3. The molecule has 104 valence electrons. The van der Waals surface area contributed by atoms with Crippen molar-refractivity contribution >= 4 is 0 Å². The van der Waals surface area contributed by atoms with E-state index in [9.17, 15) is 5.11 Å². The van der Waals surface area contributed by atoms with Crippen molar-refractivity contribution in [2.75, 3.05) is 0 Å². The number of fused-ring (bicyclic) bond motifs is 2. The molecule has 0 spiro atoms. The third-order valence-electron chi connectivity index (χ3n) is 4.61. The van der Waals surface area contributed by atoms with Gasteiger partial charge in [0, 0.05) is 18.3 Å². The monoisotopic (exact) mass is 262 g/mol. The van der Waals surface area contributed by atoms with Crippen LogP contribution in [0.4, 0.5) is 0 Å². The van der Waals surface area contributed by atoms with E-state index in [-0.39, 0.29) is 30.3 Å². The van der Waals surface area contributed by atoms with Crippen molar-refractivity contribution in [1.82, 2.24) is 0 Å². The summed E-state index contributed by atoms with van der Waals surface area (Å²) in [6.45, 7) is 4.93. The van der Waals surface area contributed by atoms with Crippen molar-refractivity contribution in [1.29, 1.82) is 0 Å². The molecule has 1 N–H and O–H groups in total. The lowest BCUT2D eigenvalue weighted by molar-refractivity contribution is -0.163. The third-order valence-corrected chi connectivity index (χ3v) is 4.61. The quantitative estimate of drug-likeness (QED) is 0.909. The van der Waals surface area contributed by atoms with Crippen LogP contribution >= 0.6 is 0 Å². The molecule has 2 fully saturated rings. The van der Waals surface area contributed by atoms with Gasteiger partial charge in [-0.3, -0.25) is 0 Å². The minimum absolute atomic E-state index is 0.0537. The Labute approximate surface area is 114 Å². The van der Waals surface area contributed by atoms with Gasteiger partial charge in [0.2, 0.25) is 0 Å². The Morgan fingerprint density at radius 1 is 1.21 bits per heavy atom. The molecule has 3 heteroatoms. The van der Waals surface area contributed by atoms with E-state index in [4.69, 9.17) is 9.47 Å². The number of aliphatic hydroxyl groups is 1. The number of hydrogen-bond donors (Lipinski definition) is 1. The number of hydrogen-bond acceptors (Lipinski definition) is 3. The maximum absolute atomic E-state index is 10.0. The van der Waals surface area contributed by atoms with Gasteiger partial charge in [0.15, 0.2) is 0 Å². The van der Waals surface area contributed by atoms with Gasteiger partial charge in [-0.15, -0.1) is 0 Å². The number of ether oxygens (including phenoxy) is 2. The molecule has 0 aliphatic carbocycles. The van der Waals surface area contributed by atoms with E-state index in [0.717, 1.165) is 6.42 Å². The molecule has 2 saturated heterocycles. The van der Waals surface area contributed by atoms with Crippen LogP contribution in [-0.4, -0.2) is 29.5 Å². The number of aliphatic hydroxyl groups excluding tert-OH is 1. The maximum atomic E-state index is 10.0. The fourth-order valence-electron chi connectivity index (χ4n) is 3.48. The summed E-state index contributed by atoms with van der Waals surface area (Å²) in [6, 6.07) is 10.2. The van der Waals surface area contributed by atoms with Crippen LogP contribution in [-0.2, 0) is 16.1 Å². The summed E-state index contributed by atoms with van der Waals surface area (Å²) < 4.78 is 12.0. The van der Waals surface area contributed by atoms with Crippen LogP contribution in [0.25, 0.3) is 0 Å². The molecule has 2 bridgehead atoms. The average Bonchev–Trinajstić information content (AvgIpc) is 2.78. The lowest BCUT2D eigenvalue weighted by Gasteiger charge is -2.39. The Morgan fingerprint density at radius 3 is 2.68 bits per heavy atom. The number of benzene rings is 1. The van der Waals surface area contributed by atoms with Crippen molar-refractivity contribution in [3.8, 4) is 0 Å². The summed E-state index contributed by atoms with van der Waals surface area (Å²) in [4.78, 5) is 0. The molecule has 0 aromatic heterocycles. The Balaban J connectivity index is 1.67. The molecule has 1 aromatic carbocycles. The molecule has 0 saturated carbocycles. The topological polar surface area (TPSA) is 38.7 Å². The van der Waals surface area contributed by atoms with Crippen molar-refractivity contribution < 1.29 is 14.6 Å². The van der Waals surface area contributed by atoms with Gasteiger partial charge in [-0.05, 0) is 5.56 Å². The second-order valence-corrected chi connectivity index (χ2v) is 5.92. The minimum Gasteiger partial charge on any atom is -0.390 e. The highest BCUT2D eigenvalue weighted by Gasteiger charge is 2.50. The zero-order valence-electron chi connectivity index (χ0n) is 11.5. The van der Waals surface area contributed by atoms with Crippen molar-refractivity contribution in [3.63, 3.8) is 0 Å². The van der Waals surface area contributed by atoms with Gasteiger partial charge < -0.3 is 14.6 Å². The summed E-state index contributed by atoms with van der Waals surface area (Å²) in [7, 11) is 0. The van der Waals surface area contributed by atoms with Crippen LogP contribution < -0.4 is 0 Å². The molecular weight excluding hydrogens is 240 g/mol. The van der Waals surface area contributed by atoms with Crippen molar-refractivity contribution in [2.24, 2.45) is 11.8 Å². The summed E-state index contributed by atoms with van der Waals surface area (Å²) in [6.07, 6.45) is 0.689. The van der Waals surface area contributed by atoms with Gasteiger partial charge in [0.05, 0.1) is 31.0 Å². The van der Waals surface area contributed by atoms with E-state index in [1.165, 1.54) is 5.56 Å². The fraction of sp³-hybridized carbons (Fsp3) is 0.625. The first-order valence-corrected chi connectivity index (χ1v) is 7.16. The van der Waals surface area contributed by atoms with Crippen LogP contribution in [0.15, 0.2) is 30.3 Å². The van der Waals surface area contributed by atoms with Gasteiger partial charge >= 0.3 is 0 Å². The summed E-state index contributed by atoms with van der Waals surface area (Å²) in [5.41, 5.74) is 1.20. The van der Waals surface area contributed by atoms with E-state index in [2.05, 4.69) is 26.0 Å². The molecule has 5 unspecified atom stereocenters. The Morgan fingerprint density at radius 2 is 1.95 bits per heavy atom. The molecule has 2 heterocycles. The summed E-state index contributed by atoms with van der Waals surface area (Å²) >= 11 is 0. The van der Waals surface area contributed by atoms with Gasteiger partial charge in [0.25, 0.3) is 0 Å². The van der Waals surface area contributed by atoms with E-state index in [1.807, 2.05) is 18.2 Å². The summed E-state index contributed by atoms with van der Waals surface area (Å²) in [5, 5.41) is 10.0. The predicted octanol–water partition coefficient (Wildman–Crippen LogP) is 2.38. The zero-order valence-corrected chi connectivity index (χ0v) is 11.5. The van der Waals surface area contributed by atoms with Crippen molar-refractivity contribution in [2.45, 2.75) is 51.3 Å². The second-order valence-electron chi connectivity index (χ2n) is 5.92. The van der Waals surface area contributed by atoms with Crippen LogP contribution in [0, 0.1) is 11.8 Å². The summed E-state index contributed by atoms with van der Waals surface area (Å²) in [5.74, 6) is 0.583. The largest absolute Gasteiger partial charge is 0.390 e. The van der Waals surface area contributed by atoms with E-state index in [1.54, 1.807) is 0 Å². The van der Waals surface area contributed by atoms with Crippen LogP contribution in [0.5, 0.6) is 0 Å². The lowest BCUT2D eigenvalue weighted by atomic mass is 9.86. The molecule has 0 amide bonds. The van der Waals surface area contributed by atoms with Crippen LogP contribution in [0.2, 0.25) is 0 Å². The van der Waals surface area contributed by atoms with E-state index >= 15 is 0 Å². The van der Waals surface area contributed by atoms with Gasteiger partial charge in [-0.25, -0.2) is 0 Å². The standard InChI is InChI=1S/C16H22O3/c1-10-14-8-13(17)16(19-14)11(2)15(10)18-9-12-6-4-3-5-7-12/h3-7,10-11,13-17H,8-9H2,1-2H3/t10?,11?,13-,14?,15?,16?/m0/s1. The van der Waals surface area contributed by atoms with Gasteiger partial charge in [-0.1, -0.05) is 44.2 Å². The SMILES string of the molecule is CC1C2C[C@H](O)C(O2)C(C)C1OCc1ccccc1. The van der Waals surface area contributed by atoms with Gasteiger partial charge in [-0.2, -0.15) is 0 Å². The third kappa shape index (κ3) is 2.42. The van der Waals surface area contributed by atoms with Crippen molar-refractivity contribution in [3.05, 3.63) is 35.9 Å². The molecule has 6 atom stereocenters. The molecule has 2 aliphatic rings. The smallest absolute Gasteiger partial charge is 0.0889 e. The first kappa shape index (κ1) is 13.1. The van der Waals surface area contributed by atoms with E-state index in [0.29, 0.717) is 12.5 Å². The van der Waals surface area contributed by atoms with Gasteiger partial charge in [0.1, 0.15) is 0 Å². The lowest BCUT2D eigenvalue weighted by Crippen LogP contribution is -2.46. The highest BCUT2D eigenvalue weighted by Crippen LogP contribution is 2.41. The molecule has 19 heavy (non-hydrogen) atoms. The predicted molar refractivity (Wildman–Crippen MR) is 72.6 cm³/mol. The average molecular weight is 262 g/mol. The Bertz CT molecular complexity index is 419. The molecule has 3 nitrogen and oxygen atoms in total. The maximum Gasteiger partial charge on any atom is 0.0889 e. The fourth-order valence-corrected chi connectivity index (χ4v) is 3.48. The first-order valence-electron chi connectivity index (χ1n) is 7.16. The zero-order chi connectivity index (χ0) is 13.4.